The van der Waals surface area contributed by atoms with Crippen LogP contribution in [0.3, 0.4) is 0 Å². The van der Waals surface area contributed by atoms with Crippen molar-refractivity contribution in [2.45, 2.75) is 34.2 Å². The van der Waals surface area contributed by atoms with Gasteiger partial charge in [0.25, 0.3) is 0 Å². The Kier molecular flexibility index (Phi) is 8.60. The Morgan fingerprint density at radius 1 is 0.407 bits per heavy atom. The average molecular weight is 829 g/mol. The third-order valence-corrected chi connectivity index (χ3v) is 21.7. The smallest absolute Gasteiger partial charge is 1.00 e. The fourth-order valence-corrected chi connectivity index (χ4v) is 20.5. The van der Waals surface area contributed by atoms with Gasteiger partial charge in [-0.05, 0) is 0 Å². The minimum atomic E-state index is -2.29. The van der Waals surface area contributed by atoms with Gasteiger partial charge < -0.3 is 24.8 Å². The van der Waals surface area contributed by atoms with Crippen LogP contribution in [0.4, 0.5) is 0 Å². The minimum absolute atomic E-state index is 0. The predicted octanol–water partition coefficient (Wildman–Crippen LogP) is 7.88. The van der Waals surface area contributed by atoms with Gasteiger partial charge in [0.2, 0.25) is 0 Å². The van der Waals surface area contributed by atoms with Crippen LogP contribution in [-0.2, 0) is 23.2 Å². The van der Waals surface area contributed by atoms with Crippen LogP contribution in [0.5, 0.6) is 0 Å². The SMILES string of the molecule is CC1=C2c3c(-c4c5ccccc5cc5ccccc45)cccc3[CH]1[Zr+2][CH]1C(C)=C(c3c(-c4c5ccccc5cc5ccccc45)cccc31)[Si]2(C)C.[Cl-].[Cl-]. The molecule has 0 nitrogen and oxygen atoms in total. The number of benzene rings is 8. The molecule has 4 bridgehead atoms. The van der Waals surface area contributed by atoms with Gasteiger partial charge >= 0.3 is 320 Å². The number of hydrogen-bond donors (Lipinski definition) is 0. The van der Waals surface area contributed by atoms with Gasteiger partial charge in [0.1, 0.15) is 0 Å². The van der Waals surface area contributed by atoms with E-state index in [4.69, 9.17) is 0 Å². The summed E-state index contributed by atoms with van der Waals surface area (Å²) in [5.74, 6) is 0. The molecule has 0 aromatic heterocycles. The molecule has 2 atom stereocenters. The van der Waals surface area contributed by atoms with E-state index in [1.165, 1.54) is 65.3 Å². The van der Waals surface area contributed by atoms with Gasteiger partial charge in [-0.3, -0.25) is 0 Å². The molecule has 0 amide bonds. The van der Waals surface area contributed by atoms with Gasteiger partial charge in [0, 0.05) is 0 Å². The van der Waals surface area contributed by atoms with Crippen LogP contribution in [0.2, 0.25) is 13.1 Å². The first-order valence-corrected chi connectivity index (χ1v) is 24.5. The molecule has 0 fully saturated rings. The Balaban J connectivity index is 0.00000192. The molecule has 0 radical (unpaired) electrons. The molecular formula is C50H38Cl2SiZr. The Morgan fingerprint density at radius 2 is 0.741 bits per heavy atom. The summed E-state index contributed by atoms with van der Waals surface area (Å²) >= 11 is -1.04. The predicted molar refractivity (Wildman–Crippen MR) is 222 cm³/mol. The molecule has 0 saturated carbocycles. The molecule has 2 unspecified atom stereocenters. The first-order valence-electron chi connectivity index (χ1n) is 18.7. The zero-order chi connectivity index (χ0) is 34.9. The van der Waals surface area contributed by atoms with Crippen LogP contribution in [-0.4, -0.2) is 8.07 Å². The number of allylic oxidation sites excluding steroid dienone is 2. The van der Waals surface area contributed by atoms with Gasteiger partial charge in [-0.1, -0.05) is 0 Å². The second-order valence-corrected chi connectivity index (χ2v) is 23.6. The third kappa shape index (κ3) is 4.83. The molecule has 11 rings (SSSR count). The van der Waals surface area contributed by atoms with E-state index in [1.807, 2.05) is 0 Å². The average Bonchev–Trinajstić information content (AvgIpc) is 3.64. The van der Waals surface area contributed by atoms with Crippen molar-refractivity contribution in [2.24, 2.45) is 0 Å². The van der Waals surface area contributed by atoms with Crippen LogP contribution in [0.15, 0.2) is 157 Å². The fraction of sp³-hybridized carbons (Fsp3) is 0.120. The van der Waals surface area contributed by atoms with Gasteiger partial charge in [-0.25, -0.2) is 0 Å². The molecule has 1 heterocycles. The molecule has 8 aromatic carbocycles. The van der Waals surface area contributed by atoms with E-state index in [2.05, 4.69) is 173 Å². The maximum atomic E-state index is 2.69. The van der Waals surface area contributed by atoms with Gasteiger partial charge in [-0.15, -0.1) is 0 Å². The summed E-state index contributed by atoms with van der Waals surface area (Å²) in [6.07, 6.45) is 0. The van der Waals surface area contributed by atoms with Crippen molar-refractivity contribution in [1.82, 2.24) is 0 Å². The zero-order valence-electron chi connectivity index (χ0n) is 30.8. The van der Waals surface area contributed by atoms with E-state index in [9.17, 15) is 0 Å². The topological polar surface area (TPSA) is 0 Å². The molecule has 8 aromatic rings. The van der Waals surface area contributed by atoms with Crippen molar-refractivity contribution in [3.05, 3.63) is 179 Å². The first-order chi connectivity index (χ1) is 25.4. The second-order valence-electron chi connectivity index (χ2n) is 15.7. The largest absolute Gasteiger partial charge is 1.00 e. The van der Waals surface area contributed by atoms with Crippen molar-refractivity contribution >= 4 is 61.6 Å². The van der Waals surface area contributed by atoms with Crippen molar-refractivity contribution in [3.63, 3.8) is 0 Å². The summed E-state index contributed by atoms with van der Waals surface area (Å²) in [5.41, 5.74) is 15.5. The van der Waals surface area contributed by atoms with Gasteiger partial charge in [-0.2, -0.15) is 0 Å². The monoisotopic (exact) mass is 826 g/mol. The zero-order valence-corrected chi connectivity index (χ0v) is 35.7. The van der Waals surface area contributed by atoms with Gasteiger partial charge in [0.15, 0.2) is 0 Å². The van der Waals surface area contributed by atoms with E-state index in [0.29, 0.717) is 7.25 Å². The molecule has 1 aliphatic heterocycles. The maximum Gasteiger partial charge on any atom is -1.00 e. The van der Waals surface area contributed by atoms with E-state index in [1.54, 1.807) is 43.8 Å². The molecule has 54 heavy (non-hydrogen) atoms. The van der Waals surface area contributed by atoms with E-state index >= 15 is 0 Å². The summed E-state index contributed by atoms with van der Waals surface area (Å²) in [4.78, 5) is 0. The van der Waals surface area contributed by atoms with E-state index < -0.39 is 31.3 Å². The molecule has 2 aliphatic carbocycles. The molecule has 3 aliphatic rings. The van der Waals surface area contributed by atoms with Crippen LogP contribution in [0, 0.1) is 0 Å². The normalized spacial score (nSPS) is 17.7. The minimum Gasteiger partial charge on any atom is -1.00 e. The third-order valence-electron chi connectivity index (χ3n) is 12.6. The Morgan fingerprint density at radius 3 is 1.09 bits per heavy atom. The number of hydrogen-bond acceptors (Lipinski definition) is 0. The van der Waals surface area contributed by atoms with Crippen molar-refractivity contribution in [2.75, 3.05) is 0 Å². The standard InChI is InChI=1S/C50H38Si.2ClH.Zr/c1-31-27-37-19-13-25-43(47-39-21-9-5-15-33(39)29-34-16-6-10-22-40(34)47)45(37)49(31)51(3,4)50-32(2)28-38-20-14-26-44(46(38)50)48-41-23-11-7-17-35(41)30-36-18-8-12-24-42(36)48;;;/h5-30H,1-4H3;2*1H;/q;;;+2/p-2. The summed E-state index contributed by atoms with van der Waals surface area (Å²) in [6.45, 7) is 10.4. The van der Waals surface area contributed by atoms with Crippen LogP contribution in [0.1, 0.15) is 43.4 Å². The quantitative estimate of drug-likeness (QED) is 0.123. The summed E-state index contributed by atoms with van der Waals surface area (Å²) in [5, 5.41) is 14.1. The second kappa shape index (κ2) is 13.0. The maximum absolute atomic E-state index is 2.69. The molecule has 0 spiro atoms. The molecule has 260 valence electrons. The van der Waals surface area contributed by atoms with Crippen LogP contribution >= 0.6 is 0 Å². The summed E-state index contributed by atoms with van der Waals surface area (Å²) < 4.78 is 1.16. The van der Waals surface area contributed by atoms with Crippen molar-refractivity contribution < 1.29 is 48.0 Å². The van der Waals surface area contributed by atoms with Crippen LogP contribution in [0.25, 0.3) is 75.7 Å². The number of halogens is 2. The van der Waals surface area contributed by atoms with Crippen LogP contribution < -0.4 is 24.8 Å². The Bertz CT molecular complexity index is 2650. The molecular weight excluding hydrogens is 791 g/mol. The van der Waals surface area contributed by atoms with Crippen molar-refractivity contribution in [3.8, 4) is 22.3 Å². The van der Waals surface area contributed by atoms with Gasteiger partial charge in [0.05, 0.1) is 0 Å². The summed E-state index contributed by atoms with van der Waals surface area (Å²) in [6, 6.07) is 55.7. The molecule has 0 saturated heterocycles. The fourth-order valence-electron chi connectivity index (χ4n) is 10.7. The summed E-state index contributed by atoms with van der Waals surface area (Å²) in [7, 11) is -2.29. The number of fused-ring (bicyclic) bond motifs is 12. The molecule has 4 heteroatoms. The Labute approximate surface area is 342 Å². The first kappa shape index (κ1) is 35.6. The number of rotatable bonds is 2. The molecule has 0 N–H and O–H groups in total. The van der Waals surface area contributed by atoms with E-state index in [0.717, 1.165) is 0 Å². The van der Waals surface area contributed by atoms with E-state index in [-0.39, 0.29) is 24.8 Å². The van der Waals surface area contributed by atoms with Crippen molar-refractivity contribution in [1.29, 1.82) is 0 Å². The Hall–Kier alpha value is -4.04.